The molecular formula is C10H15F3N4O. The van der Waals surface area contributed by atoms with Gasteiger partial charge >= 0.3 is 6.18 Å². The van der Waals surface area contributed by atoms with Crippen LogP contribution in [0, 0.1) is 0 Å². The van der Waals surface area contributed by atoms with Crippen LogP contribution in [0.4, 0.5) is 18.9 Å². The number of rotatable bonds is 4. The molecule has 0 bridgehead atoms. The molecule has 0 aromatic carbocycles. The monoisotopic (exact) mass is 264 g/mol. The van der Waals surface area contributed by atoms with Gasteiger partial charge in [0.1, 0.15) is 6.54 Å². The number of nitrogens with zero attached hydrogens (tertiary/aromatic N) is 3. The highest BCUT2D eigenvalue weighted by atomic mass is 19.4. The molecule has 102 valence electrons. The molecule has 0 atom stereocenters. The molecule has 0 fully saturated rings. The number of nitrogens with two attached hydrogens (primary N) is 1. The molecule has 1 aromatic rings. The van der Waals surface area contributed by atoms with Crippen molar-refractivity contribution in [3.63, 3.8) is 0 Å². The molecule has 0 aliphatic heterocycles. The molecule has 0 radical (unpaired) electrons. The Labute approximate surface area is 102 Å². The van der Waals surface area contributed by atoms with E-state index in [9.17, 15) is 18.0 Å². The molecule has 2 N–H and O–H groups in total. The summed E-state index contributed by atoms with van der Waals surface area (Å²) < 4.78 is 37.2. The van der Waals surface area contributed by atoms with Crippen LogP contribution in [-0.4, -0.2) is 39.9 Å². The molecule has 1 rings (SSSR count). The average molecular weight is 264 g/mol. The van der Waals surface area contributed by atoms with Gasteiger partial charge in [0.05, 0.1) is 5.69 Å². The van der Waals surface area contributed by atoms with Crippen molar-refractivity contribution in [1.29, 1.82) is 0 Å². The maximum Gasteiger partial charge on any atom is 0.408 e. The quantitative estimate of drug-likeness (QED) is 0.896. The van der Waals surface area contributed by atoms with Crippen molar-refractivity contribution < 1.29 is 18.0 Å². The first-order valence-corrected chi connectivity index (χ1v) is 5.47. The van der Waals surface area contributed by atoms with E-state index in [1.807, 2.05) is 0 Å². The first-order chi connectivity index (χ1) is 8.28. The van der Waals surface area contributed by atoms with Crippen molar-refractivity contribution in [2.24, 2.45) is 0 Å². The lowest BCUT2D eigenvalue weighted by Crippen LogP contribution is -2.31. The summed E-state index contributed by atoms with van der Waals surface area (Å²) in [6.45, 7) is 3.17. The Morgan fingerprint density at radius 1 is 1.44 bits per heavy atom. The number of hydrogen-bond donors (Lipinski definition) is 1. The number of aromatic nitrogens is 2. The zero-order chi connectivity index (χ0) is 13.9. The van der Waals surface area contributed by atoms with E-state index in [2.05, 4.69) is 5.10 Å². The van der Waals surface area contributed by atoms with Crippen molar-refractivity contribution in [1.82, 2.24) is 14.7 Å². The van der Waals surface area contributed by atoms with E-state index in [4.69, 9.17) is 5.73 Å². The zero-order valence-corrected chi connectivity index (χ0v) is 10.2. The van der Waals surface area contributed by atoms with Crippen molar-refractivity contribution in [3.05, 3.63) is 11.9 Å². The van der Waals surface area contributed by atoms with E-state index < -0.39 is 18.6 Å². The van der Waals surface area contributed by atoms with E-state index in [0.29, 0.717) is 17.8 Å². The fraction of sp³-hybridized carbons (Fsp3) is 0.600. The van der Waals surface area contributed by atoms with Gasteiger partial charge in [-0.15, -0.1) is 0 Å². The molecule has 0 aliphatic rings. The first-order valence-electron chi connectivity index (χ1n) is 5.47. The van der Waals surface area contributed by atoms with Crippen molar-refractivity contribution in [2.45, 2.75) is 26.6 Å². The standard InChI is InChI=1S/C10H15F3N4O/c1-3-16(4-2)9(18)8-7(14)5-17(15-8)6-10(11,12)13/h5H,3-4,6,14H2,1-2H3. The number of alkyl halides is 3. The Hall–Kier alpha value is -1.73. The summed E-state index contributed by atoms with van der Waals surface area (Å²) in [4.78, 5) is 13.3. The van der Waals surface area contributed by atoms with Crippen LogP contribution in [0.3, 0.4) is 0 Å². The van der Waals surface area contributed by atoms with Crippen LogP contribution in [0.15, 0.2) is 6.20 Å². The maximum atomic E-state index is 12.2. The molecule has 0 aliphatic carbocycles. The lowest BCUT2D eigenvalue weighted by Gasteiger charge is -2.17. The lowest BCUT2D eigenvalue weighted by molar-refractivity contribution is -0.142. The summed E-state index contributed by atoms with van der Waals surface area (Å²) >= 11 is 0. The van der Waals surface area contributed by atoms with E-state index in [-0.39, 0.29) is 11.4 Å². The van der Waals surface area contributed by atoms with Crippen LogP contribution in [0.25, 0.3) is 0 Å². The van der Waals surface area contributed by atoms with E-state index in [1.165, 1.54) is 4.90 Å². The highest BCUT2D eigenvalue weighted by Gasteiger charge is 2.30. The second-order valence-electron chi connectivity index (χ2n) is 3.72. The Morgan fingerprint density at radius 2 is 2.00 bits per heavy atom. The van der Waals surface area contributed by atoms with E-state index in [1.54, 1.807) is 13.8 Å². The maximum absolute atomic E-state index is 12.2. The van der Waals surface area contributed by atoms with Gasteiger partial charge in [-0.1, -0.05) is 0 Å². The second kappa shape index (κ2) is 5.28. The number of nitrogen functional groups attached to an aromatic ring is 1. The number of carbonyl (C=O) groups is 1. The fourth-order valence-electron chi connectivity index (χ4n) is 1.53. The molecule has 0 spiro atoms. The molecule has 0 saturated carbocycles. The first kappa shape index (κ1) is 14.3. The summed E-state index contributed by atoms with van der Waals surface area (Å²) in [7, 11) is 0. The number of amides is 1. The van der Waals surface area contributed by atoms with Gasteiger partial charge in [-0.3, -0.25) is 9.48 Å². The molecule has 1 heterocycles. The third-order valence-electron chi connectivity index (χ3n) is 2.38. The van der Waals surface area contributed by atoms with E-state index in [0.717, 1.165) is 6.20 Å². The summed E-state index contributed by atoms with van der Waals surface area (Å²) in [5.74, 6) is -0.460. The summed E-state index contributed by atoms with van der Waals surface area (Å²) in [5.41, 5.74) is 5.33. The van der Waals surface area contributed by atoms with Gasteiger partial charge in [0.15, 0.2) is 5.69 Å². The van der Waals surface area contributed by atoms with Crippen LogP contribution in [0.5, 0.6) is 0 Å². The minimum absolute atomic E-state index is 0.0452. The van der Waals surface area contributed by atoms with Crippen LogP contribution in [-0.2, 0) is 6.54 Å². The van der Waals surface area contributed by atoms with Crippen molar-refractivity contribution >= 4 is 11.6 Å². The van der Waals surface area contributed by atoms with Crippen molar-refractivity contribution in [2.75, 3.05) is 18.8 Å². The fourth-order valence-corrected chi connectivity index (χ4v) is 1.53. The Bertz CT molecular complexity index is 423. The number of anilines is 1. The smallest absolute Gasteiger partial charge is 0.396 e. The molecule has 8 heteroatoms. The minimum Gasteiger partial charge on any atom is -0.396 e. The van der Waals surface area contributed by atoms with Crippen LogP contribution in [0.2, 0.25) is 0 Å². The van der Waals surface area contributed by atoms with Gasteiger partial charge in [-0.2, -0.15) is 18.3 Å². The molecule has 5 nitrogen and oxygen atoms in total. The number of halogens is 3. The normalized spacial score (nSPS) is 11.6. The summed E-state index contributed by atoms with van der Waals surface area (Å²) in [6, 6.07) is 0. The molecule has 18 heavy (non-hydrogen) atoms. The molecule has 1 amide bonds. The van der Waals surface area contributed by atoms with Gasteiger partial charge in [-0.05, 0) is 13.8 Å². The molecule has 0 saturated heterocycles. The lowest BCUT2D eigenvalue weighted by atomic mass is 10.3. The largest absolute Gasteiger partial charge is 0.408 e. The minimum atomic E-state index is -4.39. The summed E-state index contributed by atoms with van der Waals surface area (Å²) in [6.07, 6.45) is -3.38. The van der Waals surface area contributed by atoms with Crippen molar-refractivity contribution in [3.8, 4) is 0 Å². The van der Waals surface area contributed by atoms with Crippen LogP contribution in [0.1, 0.15) is 24.3 Å². The predicted octanol–water partition coefficient (Wildman–Crippen LogP) is 1.51. The third-order valence-corrected chi connectivity index (χ3v) is 2.38. The highest BCUT2D eigenvalue weighted by molar-refractivity contribution is 5.97. The number of carbonyl (C=O) groups excluding carboxylic acids is 1. The van der Waals surface area contributed by atoms with Gasteiger partial charge in [-0.25, -0.2) is 0 Å². The Morgan fingerprint density at radius 3 is 2.44 bits per heavy atom. The SMILES string of the molecule is CCN(CC)C(=O)c1nn(CC(F)(F)F)cc1N. The second-order valence-corrected chi connectivity index (χ2v) is 3.72. The molecule has 0 unspecified atom stereocenters. The summed E-state index contributed by atoms with van der Waals surface area (Å²) in [5, 5.41) is 3.59. The topological polar surface area (TPSA) is 64.2 Å². The van der Waals surface area contributed by atoms with Crippen LogP contribution >= 0.6 is 0 Å². The number of hydrogen-bond acceptors (Lipinski definition) is 3. The van der Waals surface area contributed by atoms with Crippen LogP contribution < -0.4 is 5.73 Å². The Kier molecular flexibility index (Phi) is 4.20. The zero-order valence-electron chi connectivity index (χ0n) is 10.2. The molecule has 1 aromatic heterocycles. The highest BCUT2D eigenvalue weighted by Crippen LogP contribution is 2.19. The predicted molar refractivity (Wildman–Crippen MR) is 59.9 cm³/mol. The van der Waals surface area contributed by atoms with Gasteiger partial charge in [0, 0.05) is 19.3 Å². The molecular weight excluding hydrogens is 249 g/mol. The average Bonchev–Trinajstić information content (AvgIpc) is 2.58. The van der Waals surface area contributed by atoms with E-state index >= 15 is 0 Å². The van der Waals surface area contributed by atoms with Gasteiger partial charge < -0.3 is 10.6 Å². The third kappa shape index (κ3) is 3.38. The van der Waals surface area contributed by atoms with Gasteiger partial charge in [0.2, 0.25) is 0 Å². The van der Waals surface area contributed by atoms with Gasteiger partial charge in [0.25, 0.3) is 5.91 Å². The Balaban J connectivity index is 2.94.